The Morgan fingerprint density at radius 1 is 1.15 bits per heavy atom. The van der Waals surface area contributed by atoms with E-state index in [-0.39, 0.29) is 11.3 Å². The van der Waals surface area contributed by atoms with Crippen LogP contribution in [0.4, 0.5) is 5.69 Å². The summed E-state index contributed by atoms with van der Waals surface area (Å²) in [6, 6.07) is 12.4. The van der Waals surface area contributed by atoms with Gasteiger partial charge in [0.25, 0.3) is 0 Å². The van der Waals surface area contributed by atoms with Gasteiger partial charge in [-0.25, -0.2) is 0 Å². The molecular weight excluding hydrogens is 332 g/mol. The highest BCUT2D eigenvalue weighted by molar-refractivity contribution is 5.86. The standard InChI is InChI=1S/C19H18N4O3/c1-25-18-6-4-15(10-19(18)26-2)22-23-12-21-8-7-16(23)13-3-5-17(24)14(9-13)11-20/h3-10,22,24H,12H2,1-2H3. The van der Waals surface area contributed by atoms with Gasteiger partial charge in [0.1, 0.15) is 18.5 Å². The van der Waals surface area contributed by atoms with E-state index < -0.39 is 0 Å². The zero-order valence-electron chi connectivity index (χ0n) is 14.4. The number of benzene rings is 2. The molecule has 0 fully saturated rings. The van der Waals surface area contributed by atoms with Crippen molar-refractivity contribution < 1.29 is 14.6 Å². The van der Waals surface area contributed by atoms with Gasteiger partial charge in [0.2, 0.25) is 0 Å². The number of phenolic OH excluding ortho intramolecular Hbond substituents is 1. The average Bonchev–Trinajstić information content (AvgIpc) is 2.68. The number of aliphatic imine (C=N–C) groups is 1. The summed E-state index contributed by atoms with van der Waals surface area (Å²) in [5, 5.41) is 20.7. The van der Waals surface area contributed by atoms with Crippen molar-refractivity contribution >= 4 is 17.6 Å². The molecule has 1 heterocycles. The summed E-state index contributed by atoms with van der Waals surface area (Å²) < 4.78 is 10.6. The maximum absolute atomic E-state index is 9.72. The summed E-state index contributed by atoms with van der Waals surface area (Å²) in [5.74, 6) is 1.21. The summed E-state index contributed by atoms with van der Waals surface area (Å²) in [7, 11) is 3.17. The van der Waals surface area contributed by atoms with Crippen molar-refractivity contribution in [2.75, 3.05) is 26.3 Å². The second-order valence-corrected chi connectivity index (χ2v) is 5.48. The Morgan fingerprint density at radius 2 is 1.96 bits per heavy atom. The molecule has 0 radical (unpaired) electrons. The minimum atomic E-state index is -0.0410. The van der Waals surface area contributed by atoms with Crippen molar-refractivity contribution in [1.29, 1.82) is 5.26 Å². The third kappa shape index (κ3) is 3.39. The van der Waals surface area contributed by atoms with Crippen molar-refractivity contribution in [3.8, 4) is 23.3 Å². The third-order valence-electron chi connectivity index (χ3n) is 3.91. The van der Waals surface area contributed by atoms with Crippen molar-refractivity contribution in [2.45, 2.75) is 0 Å². The molecule has 0 atom stereocenters. The molecule has 1 aliphatic rings. The number of phenols is 1. The zero-order valence-corrected chi connectivity index (χ0v) is 14.4. The van der Waals surface area contributed by atoms with Crippen LogP contribution >= 0.6 is 0 Å². The Hall–Kier alpha value is -3.66. The fourth-order valence-corrected chi connectivity index (χ4v) is 2.61. The summed E-state index contributed by atoms with van der Waals surface area (Å²) in [5.41, 5.74) is 5.91. The number of hydrogen-bond acceptors (Lipinski definition) is 7. The molecule has 2 N–H and O–H groups in total. The van der Waals surface area contributed by atoms with Crippen LogP contribution in [0.2, 0.25) is 0 Å². The van der Waals surface area contributed by atoms with E-state index in [4.69, 9.17) is 14.7 Å². The quantitative estimate of drug-likeness (QED) is 0.861. The van der Waals surface area contributed by atoms with Gasteiger partial charge in [0.05, 0.1) is 31.2 Å². The van der Waals surface area contributed by atoms with Crippen LogP contribution in [0.15, 0.2) is 47.5 Å². The molecule has 0 bridgehead atoms. The molecule has 0 saturated heterocycles. The second-order valence-electron chi connectivity index (χ2n) is 5.48. The van der Waals surface area contributed by atoms with E-state index in [0.717, 1.165) is 16.9 Å². The molecule has 3 rings (SSSR count). The smallest absolute Gasteiger partial charge is 0.162 e. The van der Waals surface area contributed by atoms with Crippen LogP contribution in [-0.2, 0) is 0 Å². The summed E-state index contributed by atoms with van der Waals surface area (Å²) in [6.07, 6.45) is 3.55. The number of methoxy groups -OCH3 is 2. The molecule has 1 aliphatic heterocycles. The molecule has 0 unspecified atom stereocenters. The molecule has 7 nitrogen and oxygen atoms in total. The van der Waals surface area contributed by atoms with Crippen LogP contribution in [0.1, 0.15) is 11.1 Å². The van der Waals surface area contributed by atoms with Gasteiger partial charge in [0, 0.05) is 17.8 Å². The van der Waals surface area contributed by atoms with Crippen LogP contribution in [0.3, 0.4) is 0 Å². The van der Waals surface area contributed by atoms with Gasteiger partial charge in [-0.2, -0.15) is 5.26 Å². The monoisotopic (exact) mass is 350 g/mol. The fourth-order valence-electron chi connectivity index (χ4n) is 2.61. The lowest BCUT2D eigenvalue weighted by molar-refractivity contribution is 0.355. The number of nitrogens with one attached hydrogen (secondary N) is 1. The van der Waals surface area contributed by atoms with Crippen molar-refractivity contribution in [2.24, 2.45) is 4.99 Å². The van der Waals surface area contributed by atoms with E-state index >= 15 is 0 Å². The van der Waals surface area contributed by atoms with Crippen molar-refractivity contribution in [3.63, 3.8) is 0 Å². The number of rotatable bonds is 5. The van der Waals surface area contributed by atoms with E-state index in [2.05, 4.69) is 10.4 Å². The number of ether oxygens (including phenoxy) is 2. The Morgan fingerprint density at radius 3 is 2.69 bits per heavy atom. The number of hydrazine groups is 1. The van der Waals surface area contributed by atoms with Crippen LogP contribution in [-0.4, -0.2) is 37.2 Å². The Balaban J connectivity index is 1.89. The van der Waals surface area contributed by atoms with E-state index in [1.54, 1.807) is 32.6 Å². The highest BCUT2D eigenvalue weighted by Crippen LogP contribution is 2.31. The zero-order chi connectivity index (χ0) is 18.5. The molecule has 0 amide bonds. The number of aromatic hydroxyl groups is 1. The lowest BCUT2D eigenvalue weighted by Crippen LogP contribution is -2.30. The van der Waals surface area contributed by atoms with Crippen molar-refractivity contribution in [1.82, 2.24) is 5.01 Å². The highest BCUT2D eigenvalue weighted by atomic mass is 16.5. The van der Waals surface area contributed by atoms with E-state index in [1.807, 2.05) is 35.4 Å². The number of nitriles is 1. The van der Waals surface area contributed by atoms with Crippen molar-refractivity contribution in [3.05, 3.63) is 53.6 Å². The first-order chi connectivity index (χ1) is 12.7. The lowest BCUT2D eigenvalue weighted by Gasteiger charge is -2.29. The number of allylic oxidation sites excluding steroid dienone is 1. The van der Waals surface area contributed by atoms with Gasteiger partial charge in [-0.3, -0.25) is 15.4 Å². The topological polar surface area (TPSA) is 90.1 Å². The average molecular weight is 350 g/mol. The van der Waals surface area contributed by atoms with Crippen LogP contribution in [0.5, 0.6) is 17.2 Å². The molecule has 26 heavy (non-hydrogen) atoms. The molecule has 0 saturated carbocycles. The molecule has 7 heteroatoms. The largest absolute Gasteiger partial charge is 0.507 e. The van der Waals surface area contributed by atoms with E-state index in [0.29, 0.717) is 18.2 Å². The van der Waals surface area contributed by atoms with Gasteiger partial charge < -0.3 is 14.6 Å². The molecule has 2 aromatic carbocycles. The van der Waals surface area contributed by atoms with Crippen LogP contribution in [0.25, 0.3) is 5.70 Å². The molecule has 0 aliphatic carbocycles. The normalized spacial score (nSPS) is 13.0. The fraction of sp³-hybridized carbons (Fsp3) is 0.158. The minimum Gasteiger partial charge on any atom is -0.507 e. The molecule has 2 aromatic rings. The summed E-state index contributed by atoms with van der Waals surface area (Å²) >= 11 is 0. The summed E-state index contributed by atoms with van der Waals surface area (Å²) in [4.78, 5) is 4.26. The predicted molar refractivity (Wildman–Crippen MR) is 99.2 cm³/mol. The Labute approximate surface area is 151 Å². The SMILES string of the molecule is COc1ccc(NN2CN=CC=C2c2ccc(O)c(C#N)c2)cc1OC. The molecule has 0 spiro atoms. The van der Waals surface area contributed by atoms with Gasteiger partial charge in [-0.15, -0.1) is 0 Å². The van der Waals surface area contributed by atoms with E-state index in [9.17, 15) is 5.11 Å². The lowest BCUT2D eigenvalue weighted by atomic mass is 10.1. The number of hydrogen-bond donors (Lipinski definition) is 2. The van der Waals surface area contributed by atoms with Gasteiger partial charge in [-0.1, -0.05) is 0 Å². The van der Waals surface area contributed by atoms with E-state index in [1.165, 1.54) is 6.07 Å². The minimum absolute atomic E-state index is 0.0410. The van der Waals surface area contributed by atoms with Gasteiger partial charge >= 0.3 is 0 Å². The summed E-state index contributed by atoms with van der Waals surface area (Å²) in [6.45, 7) is 0.392. The number of anilines is 1. The second kappa shape index (κ2) is 7.49. The first kappa shape index (κ1) is 17.2. The maximum Gasteiger partial charge on any atom is 0.162 e. The third-order valence-corrected chi connectivity index (χ3v) is 3.91. The predicted octanol–water partition coefficient (Wildman–Crippen LogP) is 2.99. The Kier molecular flexibility index (Phi) is 4.94. The first-order valence-corrected chi connectivity index (χ1v) is 7.86. The van der Waals surface area contributed by atoms with Crippen LogP contribution < -0.4 is 14.9 Å². The highest BCUT2D eigenvalue weighted by Gasteiger charge is 2.16. The Bertz CT molecular complexity index is 915. The maximum atomic E-state index is 9.72. The molecule has 0 aromatic heterocycles. The van der Waals surface area contributed by atoms with Gasteiger partial charge in [-0.05, 0) is 36.4 Å². The molecular formula is C19H18N4O3. The van der Waals surface area contributed by atoms with Gasteiger partial charge in [0.15, 0.2) is 11.5 Å². The van der Waals surface area contributed by atoms with Crippen LogP contribution in [0, 0.1) is 11.3 Å². The first-order valence-electron chi connectivity index (χ1n) is 7.86. The number of nitrogens with zero attached hydrogens (tertiary/aromatic N) is 3. The molecule has 132 valence electrons.